The average Bonchev–Trinajstić information content (AvgIpc) is 2.47. The SMILES string of the molecule is Cc1ccc(N(CC(=O)Nc2cccc(Cl)c2)S(C)(=O)=O)cc1C. The molecular formula is C17H19ClN2O3S. The standard InChI is InChI=1S/C17H19ClN2O3S/c1-12-7-8-16(9-13(12)2)20(24(3,22)23)11-17(21)19-15-6-4-5-14(18)10-15/h4-10H,11H2,1-3H3,(H,19,21). The smallest absolute Gasteiger partial charge is 0.245 e. The van der Waals surface area contributed by atoms with Gasteiger partial charge in [0.05, 0.1) is 11.9 Å². The second kappa shape index (κ2) is 7.23. The highest BCUT2D eigenvalue weighted by Crippen LogP contribution is 2.21. The summed E-state index contributed by atoms with van der Waals surface area (Å²) in [5.41, 5.74) is 2.98. The molecule has 5 nitrogen and oxygen atoms in total. The molecule has 0 fully saturated rings. The maximum absolute atomic E-state index is 12.2. The Morgan fingerprint density at radius 2 is 1.83 bits per heavy atom. The normalized spacial score (nSPS) is 11.2. The Hall–Kier alpha value is -2.05. The highest BCUT2D eigenvalue weighted by Gasteiger charge is 2.21. The zero-order valence-electron chi connectivity index (χ0n) is 13.7. The van der Waals surface area contributed by atoms with Crippen molar-refractivity contribution in [3.05, 3.63) is 58.6 Å². The van der Waals surface area contributed by atoms with Gasteiger partial charge in [0, 0.05) is 10.7 Å². The number of hydrogen-bond donors (Lipinski definition) is 1. The summed E-state index contributed by atoms with van der Waals surface area (Å²) >= 11 is 5.88. The third kappa shape index (κ3) is 4.72. The number of nitrogens with zero attached hydrogens (tertiary/aromatic N) is 1. The molecule has 0 aliphatic rings. The van der Waals surface area contributed by atoms with E-state index in [0.717, 1.165) is 21.7 Å². The monoisotopic (exact) mass is 366 g/mol. The van der Waals surface area contributed by atoms with E-state index in [9.17, 15) is 13.2 Å². The van der Waals surface area contributed by atoms with Gasteiger partial charge < -0.3 is 5.32 Å². The minimum absolute atomic E-state index is 0.312. The van der Waals surface area contributed by atoms with E-state index in [0.29, 0.717) is 16.4 Å². The van der Waals surface area contributed by atoms with Crippen molar-refractivity contribution in [2.75, 3.05) is 22.4 Å². The summed E-state index contributed by atoms with van der Waals surface area (Å²) in [6.45, 7) is 3.52. The predicted molar refractivity (Wildman–Crippen MR) is 98.2 cm³/mol. The first-order valence-electron chi connectivity index (χ1n) is 7.27. The van der Waals surface area contributed by atoms with Crippen molar-refractivity contribution in [3.63, 3.8) is 0 Å². The minimum atomic E-state index is -3.60. The Balaban J connectivity index is 2.23. The Morgan fingerprint density at radius 1 is 1.12 bits per heavy atom. The number of hydrogen-bond acceptors (Lipinski definition) is 3. The summed E-state index contributed by atoms with van der Waals surface area (Å²) in [4.78, 5) is 12.2. The highest BCUT2D eigenvalue weighted by molar-refractivity contribution is 7.92. The van der Waals surface area contributed by atoms with Crippen LogP contribution in [0.3, 0.4) is 0 Å². The summed E-state index contributed by atoms with van der Waals surface area (Å²) in [5.74, 6) is -0.444. The van der Waals surface area contributed by atoms with E-state index in [4.69, 9.17) is 11.6 Å². The van der Waals surface area contributed by atoms with Crippen molar-refractivity contribution in [3.8, 4) is 0 Å². The average molecular weight is 367 g/mol. The van der Waals surface area contributed by atoms with Crippen LogP contribution in [0.15, 0.2) is 42.5 Å². The van der Waals surface area contributed by atoms with Crippen LogP contribution < -0.4 is 9.62 Å². The largest absolute Gasteiger partial charge is 0.324 e. The van der Waals surface area contributed by atoms with Crippen LogP contribution in [0.2, 0.25) is 5.02 Å². The number of carbonyl (C=O) groups excluding carboxylic acids is 1. The van der Waals surface area contributed by atoms with E-state index in [1.54, 1.807) is 36.4 Å². The zero-order chi connectivity index (χ0) is 17.9. The van der Waals surface area contributed by atoms with E-state index >= 15 is 0 Å². The fraction of sp³-hybridized carbons (Fsp3) is 0.235. The number of anilines is 2. The van der Waals surface area contributed by atoms with Gasteiger partial charge in [-0.25, -0.2) is 8.42 Å². The van der Waals surface area contributed by atoms with E-state index in [-0.39, 0.29) is 6.54 Å². The molecule has 0 bridgehead atoms. The maximum Gasteiger partial charge on any atom is 0.245 e. The number of nitrogens with one attached hydrogen (secondary N) is 1. The number of amides is 1. The van der Waals surface area contributed by atoms with Crippen molar-refractivity contribution >= 4 is 38.9 Å². The van der Waals surface area contributed by atoms with Crippen LogP contribution in [0.5, 0.6) is 0 Å². The van der Waals surface area contributed by atoms with Crippen molar-refractivity contribution in [2.24, 2.45) is 0 Å². The molecule has 24 heavy (non-hydrogen) atoms. The van der Waals surface area contributed by atoms with Gasteiger partial charge in [-0.05, 0) is 55.3 Å². The van der Waals surface area contributed by atoms with Crippen LogP contribution in [0, 0.1) is 13.8 Å². The number of carbonyl (C=O) groups is 1. The first-order chi connectivity index (χ1) is 11.2. The molecule has 0 aliphatic heterocycles. The van der Waals surface area contributed by atoms with Gasteiger partial charge >= 0.3 is 0 Å². The molecule has 0 saturated carbocycles. The fourth-order valence-corrected chi connectivity index (χ4v) is 3.22. The summed E-state index contributed by atoms with van der Waals surface area (Å²) in [6, 6.07) is 12.0. The second-order valence-corrected chi connectivity index (χ2v) is 7.94. The molecule has 0 aromatic heterocycles. The van der Waals surface area contributed by atoms with Gasteiger partial charge in [-0.15, -0.1) is 0 Å². The number of halogens is 1. The molecule has 7 heteroatoms. The second-order valence-electron chi connectivity index (χ2n) is 5.60. The Bertz CT molecular complexity index is 866. The lowest BCUT2D eigenvalue weighted by Gasteiger charge is -2.22. The summed E-state index contributed by atoms with van der Waals surface area (Å²) in [6.07, 6.45) is 1.08. The predicted octanol–water partition coefficient (Wildman–Crippen LogP) is 3.36. The first-order valence-corrected chi connectivity index (χ1v) is 9.50. The molecule has 128 valence electrons. The van der Waals surface area contributed by atoms with Crippen molar-refractivity contribution in [2.45, 2.75) is 13.8 Å². The topological polar surface area (TPSA) is 66.5 Å². The molecule has 1 N–H and O–H groups in total. The van der Waals surface area contributed by atoms with Crippen LogP contribution in [0.25, 0.3) is 0 Å². The van der Waals surface area contributed by atoms with Gasteiger partial charge in [0.1, 0.15) is 6.54 Å². The van der Waals surface area contributed by atoms with Crippen LogP contribution >= 0.6 is 11.6 Å². The number of aryl methyl sites for hydroxylation is 2. The van der Waals surface area contributed by atoms with Gasteiger partial charge in [-0.2, -0.15) is 0 Å². The summed E-state index contributed by atoms with van der Waals surface area (Å²) in [7, 11) is -3.60. The van der Waals surface area contributed by atoms with Crippen LogP contribution in [-0.2, 0) is 14.8 Å². The van der Waals surface area contributed by atoms with Crippen LogP contribution in [0.4, 0.5) is 11.4 Å². The molecule has 0 spiro atoms. The molecule has 0 unspecified atom stereocenters. The number of sulfonamides is 1. The van der Waals surface area contributed by atoms with Gasteiger partial charge in [0.25, 0.3) is 0 Å². The lowest BCUT2D eigenvalue weighted by molar-refractivity contribution is -0.114. The lowest BCUT2D eigenvalue weighted by atomic mass is 10.1. The zero-order valence-corrected chi connectivity index (χ0v) is 15.3. The third-order valence-corrected chi connectivity index (χ3v) is 4.95. The molecule has 2 rings (SSSR count). The summed E-state index contributed by atoms with van der Waals surface area (Å²) in [5, 5.41) is 3.14. The van der Waals surface area contributed by atoms with Crippen LogP contribution in [0.1, 0.15) is 11.1 Å². The Morgan fingerprint density at radius 3 is 2.42 bits per heavy atom. The molecule has 2 aromatic carbocycles. The van der Waals surface area contributed by atoms with Crippen molar-refractivity contribution < 1.29 is 13.2 Å². The van der Waals surface area contributed by atoms with Gasteiger partial charge in [0.15, 0.2) is 0 Å². The number of benzene rings is 2. The van der Waals surface area contributed by atoms with Crippen molar-refractivity contribution in [1.82, 2.24) is 0 Å². The molecule has 2 aromatic rings. The molecule has 1 amide bonds. The van der Waals surface area contributed by atoms with Crippen molar-refractivity contribution in [1.29, 1.82) is 0 Å². The summed E-state index contributed by atoms with van der Waals surface area (Å²) < 4.78 is 25.3. The van der Waals surface area contributed by atoms with Crippen LogP contribution in [-0.4, -0.2) is 27.1 Å². The van der Waals surface area contributed by atoms with E-state index in [2.05, 4.69) is 5.32 Å². The maximum atomic E-state index is 12.2. The number of rotatable bonds is 5. The van der Waals surface area contributed by atoms with E-state index in [1.165, 1.54) is 0 Å². The molecular weight excluding hydrogens is 348 g/mol. The van der Waals surface area contributed by atoms with Gasteiger partial charge in [-0.1, -0.05) is 23.7 Å². The molecule has 0 heterocycles. The van der Waals surface area contributed by atoms with E-state index in [1.807, 2.05) is 19.9 Å². The lowest BCUT2D eigenvalue weighted by Crippen LogP contribution is -2.37. The highest BCUT2D eigenvalue weighted by atomic mass is 35.5. The van der Waals surface area contributed by atoms with Gasteiger partial charge in [0.2, 0.25) is 15.9 Å². The minimum Gasteiger partial charge on any atom is -0.324 e. The van der Waals surface area contributed by atoms with Gasteiger partial charge in [-0.3, -0.25) is 9.10 Å². The molecule has 0 saturated heterocycles. The van der Waals surface area contributed by atoms with E-state index < -0.39 is 15.9 Å². The third-order valence-electron chi connectivity index (χ3n) is 3.57. The Kier molecular flexibility index (Phi) is 5.51. The quantitative estimate of drug-likeness (QED) is 0.882. The first kappa shape index (κ1) is 18.3. The Labute approximate surface area is 147 Å². The molecule has 0 radical (unpaired) electrons. The molecule has 0 atom stereocenters. The molecule has 0 aliphatic carbocycles. The fourth-order valence-electron chi connectivity index (χ4n) is 2.18.